The van der Waals surface area contributed by atoms with Crippen molar-refractivity contribution < 1.29 is 28.3 Å². The molecule has 1 N–H and O–H groups in total. The van der Waals surface area contributed by atoms with Gasteiger partial charge < -0.3 is 28.8 Å². The number of hydrogen-bond acceptors (Lipinski definition) is 8. The molecule has 0 saturated carbocycles. The largest absolute Gasteiger partial charge is 0.497 e. The number of amides is 1. The van der Waals surface area contributed by atoms with Gasteiger partial charge in [0.05, 0.1) is 33.4 Å². The van der Waals surface area contributed by atoms with Gasteiger partial charge >= 0.3 is 0 Å². The van der Waals surface area contributed by atoms with Gasteiger partial charge in [-0.25, -0.2) is 0 Å². The smallest absolute Gasteiger partial charge is 0.261 e. The Kier molecular flexibility index (Phi) is 6.74. The molecule has 9 heteroatoms. The summed E-state index contributed by atoms with van der Waals surface area (Å²) in [7, 11) is 4.68. The van der Waals surface area contributed by atoms with Gasteiger partial charge in [0.25, 0.3) is 5.91 Å². The number of nitrogens with one attached hydrogen (secondary N) is 1. The van der Waals surface area contributed by atoms with Crippen molar-refractivity contribution in [3.63, 3.8) is 0 Å². The highest BCUT2D eigenvalue weighted by Gasteiger charge is 2.18. The van der Waals surface area contributed by atoms with Crippen molar-refractivity contribution in [3.05, 3.63) is 48.4 Å². The molecule has 3 rings (SSSR count). The molecule has 0 spiro atoms. The maximum atomic E-state index is 12.3. The number of benzene rings is 2. The zero-order valence-electron chi connectivity index (χ0n) is 17.2. The van der Waals surface area contributed by atoms with Crippen molar-refractivity contribution in [2.75, 3.05) is 21.3 Å². The lowest BCUT2D eigenvalue weighted by atomic mass is 10.2. The Bertz CT molecular complexity index is 1000. The van der Waals surface area contributed by atoms with E-state index in [0.29, 0.717) is 34.4 Å². The van der Waals surface area contributed by atoms with Crippen molar-refractivity contribution in [2.24, 2.45) is 0 Å². The average Bonchev–Trinajstić information content (AvgIpc) is 3.25. The summed E-state index contributed by atoms with van der Waals surface area (Å²) in [4.78, 5) is 16.6. The minimum atomic E-state index is -0.721. The summed E-state index contributed by atoms with van der Waals surface area (Å²) in [6.45, 7) is 1.71. The third kappa shape index (κ3) is 4.99. The van der Waals surface area contributed by atoms with Crippen LogP contribution in [0, 0.1) is 0 Å². The molecule has 0 saturated heterocycles. The first-order chi connectivity index (χ1) is 14.5. The summed E-state index contributed by atoms with van der Waals surface area (Å²) in [6, 6.07) is 12.3. The van der Waals surface area contributed by atoms with Gasteiger partial charge in [-0.2, -0.15) is 4.98 Å². The van der Waals surface area contributed by atoms with E-state index in [0.717, 1.165) is 0 Å². The number of nitrogens with zero attached hydrogens (tertiary/aromatic N) is 2. The van der Waals surface area contributed by atoms with E-state index in [2.05, 4.69) is 15.5 Å². The van der Waals surface area contributed by atoms with Crippen LogP contribution < -0.4 is 24.3 Å². The van der Waals surface area contributed by atoms with Gasteiger partial charge in [0.2, 0.25) is 11.7 Å². The highest BCUT2D eigenvalue weighted by atomic mass is 16.5. The number of ether oxygens (including phenoxy) is 4. The first-order valence-corrected chi connectivity index (χ1v) is 9.17. The van der Waals surface area contributed by atoms with Crippen LogP contribution in [0.4, 0.5) is 0 Å². The number of aromatic nitrogens is 2. The molecular formula is C21H23N3O6. The van der Waals surface area contributed by atoms with Gasteiger partial charge in [0.15, 0.2) is 6.10 Å². The van der Waals surface area contributed by atoms with E-state index in [-0.39, 0.29) is 18.3 Å². The van der Waals surface area contributed by atoms with Gasteiger partial charge in [-0.15, -0.1) is 0 Å². The minimum absolute atomic E-state index is 0.0656. The summed E-state index contributed by atoms with van der Waals surface area (Å²) in [5.74, 6) is 2.66. The van der Waals surface area contributed by atoms with Crippen LogP contribution in [-0.4, -0.2) is 43.5 Å². The van der Waals surface area contributed by atoms with Gasteiger partial charge in [-0.3, -0.25) is 4.79 Å². The fraction of sp³-hybridized carbons (Fsp3) is 0.286. The first-order valence-electron chi connectivity index (χ1n) is 9.17. The van der Waals surface area contributed by atoms with E-state index < -0.39 is 6.10 Å². The van der Waals surface area contributed by atoms with Crippen molar-refractivity contribution in [1.29, 1.82) is 0 Å². The maximum absolute atomic E-state index is 12.3. The Hall–Kier alpha value is -3.75. The molecule has 1 heterocycles. The summed E-state index contributed by atoms with van der Waals surface area (Å²) in [6.07, 6.45) is -0.721. The molecule has 0 fully saturated rings. The van der Waals surface area contributed by atoms with Crippen LogP contribution in [0.15, 0.2) is 47.0 Å². The lowest BCUT2D eigenvalue weighted by molar-refractivity contribution is -0.127. The Morgan fingerprint density at radius 3 is 2.50 bits per heavy atom. The number of rotatable bonds is 9. The summed E-state index contributed by atoms with van der Waals surface area (Å²) in [5.41, 5.74) is 0.648. The first kappa shape index (κ1) is 21.0. The van der Waals surface area contributed by atoms with E-state index in [1.54, 1.807) is 70.7 Å². The molecular weight excluding hydrogens is 390 g/mol. The number of methoxy groups -OCH3 is 3. The van der Waals surface area contributed by atoms with Crippen molar-refractivity contribution in [1.82, 2.24) is 15.5 Å². The second-order valence-corrected chi connectivity index (χ2v) is 6.23. The average molecular weight is 413 g/mol. The molecule has 1 amide bonds. The van der Waals surface area contributed by atoms with E-state index in [9.17, 15) is 4.79 Å². The maximum Gasteiger partial charge on any atom is 0.261 e. The molecule has 0 bridgehead atoms. The summed E-state index contributed by atoms with van der Waals surface area (Å²) in [5, 5.41) is 6.67. The molecule has 1 atom stereocenters. The van der Waals surface area contributed by atoms with Crippen LogP contribution in [0.2, 0.25) is 0 Å². The lowest BCUT2D eigenvalue weighted by Gasteiger charge is -2.14. The molecule has 1 aromatic heterocycles. The zero-order valence-corrected chi connectivity index (χ0v) is 17.2. The third-order valence-electron chi connectivity index (χ3n) is 4.25. The van der Waals surface area contributed by atoms with Crippen LogP contribution in [0.1, 0.15) is 12.8 Å². The third-order valence-corrected chi connectivity index (χ3v) is 4.25. The second-order valence-electron chi connectivity index (χ2n) is 6.23. The molecule has 3 aromatic rings. The summed E-state index contributed by atoms with van der Waals surface area (Å²) < 4.78 is 26.6. The molecule has 30 heavy (non-hydrogen) atoms. The molecule has 9 nitrogen and oxygen atoms in total. The van der Waals surface area contributed by atoms with Crippen LogP contribution in [0.25, 0.3) is 11.4 Å². The molecule has 2 aromatic carbocycles. The Morgan fingerprint density at radius 1 is 1.03 bits per heavy atom. The van der Waals surface area contributed by atoms with E-state index in [1.807, 2.05) is 0 Å². The second kappa shape index (κ2) is 9.64. The highest BCUT2D eigenvalue weighted by Crippen LogP contribution is 2.31. The monoisotopic (exact) mass is 413 g/mol. The van der Waals surface area contributed by atoms with Crippen molar-refractivity contribution >= 4 is 5.91 Å². The number of carbonyl (C=O) groups is 1. The Labute approximate surface area is 173 Å². The van der Waals surface area contributed by atoms with Crippen molar-refractivity contribution in [3.8, 4) is 34.4 Å². The van der Waals surface area contributed by atoms with Gasteiger partial charge in [0.1, 0.15) is 23.0 Å². The van der Waals surface area contributed by atoms with Crippen LogP contribution in [-0.2, 0) is 11.3 Å². The Morgan fingerprint density at radius 2 is 1.77 bits per heavy atom. The predicted octanol–water partition coefficient (Wildman–Crippen LogP) is 2.85. The topological polar surface area (TPSA) is 105 Å². The van der Waals surface area contributed by atoms with E-state index in [4.69, 9.17) is 23.5 Å². The lowest BCUT2D eigenvalue weighted by Crippen LogP contribution is -2.36. The zero-order chi connectivity index (χ0) is 21.5. The number of carbonyl (C=O) groups excluding carboxylic acids is 1. The molecule has 0 radical (unpaired) electrons. The van der Waals surface area contributed by atoms with Crippen LogP contribution in [0.3, 0.4) is 0 Å². The molecule has 0 aliphatic rings. The fourth-order valence-electron chi connectivity index (χ4n) is 2.66. The molecule has 158 valence electrons. The Balaban J connectivity index is 1.60. The SMILES string of the molecule is COc1cccc(O[C@H](C)C(=O)NCc2nc(-c3ccc(OC)cc3OC)no2)c1. The van der Waals surface area contributed by atoms with E-state index >= 15 is 0 Å². The molecule has 0 unspecified atom stereocenters. The molecule has 0 aliphatic heterocycles. The normalized spacial score (nSPS) is 11.5. The van der Waals surface area contributed by atoms with E-state index in [1.165, 1.54) is 0 Å². The summed E-state index contributed by atoms with van der Waals surface area (Å²) >= 11 is 0. The minimum Gasteiger partial charge on any atom is -0.497 e. The van der Waals surface area contributed by atoms with Gasteiger partial charge in [-0.05, 0) is 31.2 Å². The van der Waals surface area contributed by atoms with Gasteiger partial charge in [0, 0.05) is 12.1 Å². The van der Waals surface area contributed by atoms with Crippen molar-refractivity contribution in [2.45, 2.75) is 19.6 Å². The fourth-order valence-corrected chi connectivity index (χ4v) is 2.66. The highest BCUT2D eigenvalue weighted by molar-refractivity contribution is 5.80. The predicted molar refractivity (Wildman–Crippen MR) is 108 cm³/mol. The van der Waals surface area contributed by atoms with Gasteiger partial charge in [-0.1, -0.05) is 11.2 Å². The molecule has 0 aliphatic carbocycles. The quantitative estimate of drug-likeness (QED) is 0.571. The number of hydrogen-bond donors (Lipinski definition) is 1. The van der Waals surface area contributed by atoms with Crippen LogP contribution >= 0.6 is 0 Å². The van der Waals surface area contributed by atoms with Crippen LogP contribution in [0.5, 0.6) is 23.0 Å². The standard InChI is InChI=1S/C21H23N3O6/c1-13(29-16-7-5-6-14(10-16)26-2)21(25)22-12-19-23-20(24-30-19)17-9-8-15(27-3)11-18(17)28-4/h5-11,13H,12H2,1-4H3,(H,22,25)/t13-/m1/s1.